The molecule has 2 saturated carbocycles. The lowest BCUT2D eigenvalue weighted by Gasteiger charge is -2.48. The van der Waals surface area contributed by atoms with Crippen molar-refractivity contribution in [1.82, 2.24) is 14.5 Å². The Labute approximate surface area is 178 Å². The molecule has 0 radical (unpaired) electrons. The fourth-order valence-corrected chi connectivity index (χ4v) is 5.19. The van der Waals surface area contributed by atoms with Crippen molar-refractivity contribution in [2.75, 3.05) is 38.7 Å². The number of nitriles is 1. The number of nitrogens with one attached hydrogen (secondary N) is 1. The molecule has 31 heavy (non-hydrogen) atoms. The average Bonchev–Trinajstić information content (AvgIpc) is 3.61. The van der Waals surface area contributed by atoms with E-state index in [4.69, 9.17) is 10.00 Å². The van der Waals surface area contributed by atoms with Gasteiger partial charge in [-0.25, -0.2) is 9.18 Å². The van der Waals surface area contributed by atoms with Gasteiger partial charge in [0.05, 0.1) is 18.6 Å². The Kier molecular flexibility index (Phi) is 4.59. The molecule has 8 nitrogen and oxygen atoms in total. The summed E-state index contributed by atoms with van der Waals surface area (Å²) in [4.78, 5) is 31.5. The van der Waals surface area contributed by atoms with Crippen LogP contribution in [0.25, 0.3) is 10.9 Å². The quantitative estimate of drug-likeness (QED) is 0.726. The number of methoxy groups -OCH3 is 1. The van der Waals surface area contributed by atoms with Crippen molar-refractivity contribution in [3.05, 3.63) is 32.7 Å². The predicted molar refractivity (Wildman–Crippen MR) is 114 cm³/mol. The molecule has 164 valence electrons. The van der Waals surface area contributed by atoms with Gasteiger partial charge in [0.25, 0.3) is 5.56 Å². The molecule has 0 spiro atoms. The highest BCUT2D eigenvalue weighted by molar-refractivity contribution is 5.91. The number of ether oxygens (including phenoxy) is 1. The van der Waals surface area contributed by atoms with Gasteiger partial charge in [-0.3, -0.25) is 19.2 Å². The van der Waals surface area contributed by atoms with Crippen molar-refractivity contribution >= 4 is 16.6 Å². The van der Waals surface area contributed by atoms with Crippen LogP contribution in [0.5, 0.6) is 5.75 Å². The minimum Gasteiger partial charge on any atom is -0.492 e. The summed E-state index contributed by atoms with van der Waals surface area (Å²) in [5.74, 6) is 0.115. The van der Waals surface area contributed by atoms with Crippen molar-refractivity contribution < 1.29 is 9.13 Å². The zero-order valence-electron chi connectivity index (χ0n) is 17.8. The van der Waals surface area contributed by atoms with Gasteiger partial charge < -0.3 is 9.64 Å². The average molecular weight is 427 g/mol. The van der Waals surface area contributed by atoms with E-state index in [1.54, 1.807) is 4.57 Å². The predicted octanol–water partition coefficient (Wildman–Crippen LogP) is 1.99. The number of halogens is 1. The van der Waals surface area contributed by atoms with E-state index in [9.17, 15) is 9.59 Å². The first-order chi connectivity index (χ1) is 14.9. The van der Waals surface area contributed by atoms with E-state index >= 15 is 4.39 Å². The number of benzene rings is 1. The summed E-state index contributed by atoms with van der Waals surface area (Å²) in [6.07, 6.45) is 4.36. The molecule has 0 unspecified atom stereocenters. The van der Waals surface area contributed by atoms with Crippen LogP contribution in [0.3, 0.4) is 0 Å². The fourth-order valence-electron chi connectivity index (χ4n) is 5.19. The Hall–Kier alpha value is -2.86. The lowest BCUT2D eigenvalue weighted by atomic mass is 9.87. The van der Waals surface area contributed by atoms with Crippen LogP contribution in [-0.4, -0.2) is 53.8 Å². The van der Waals surface area contributed by atoms with E-state index in [0.717, 1.165) is 32.2 Å². The van der Waals surface area contributed by atoms with E-state index in [1.807, 2.05) is 4.90 Å². The first-order valence-electron chi connectivity index (χ1n) is 10.8. The highest BCUT2D eigenvalue weighted by Gasteiger charge is 2.56. The van der Waals surface area contributed by atoms with Crippen LogP contribution in [0.1, 0.15) is 38.1 Å². The summed E-state index contributed by atoms with van der Waals surface area (Å²) in [5, 5.41) is 9.03. The van der Waals surface area contributed by atoms with Crippen LogP contribution >= 0.6 is 0 Å². The third-order valence-corrected chi connectivity index (χ3v) is 7.26. The molecule has 3 aliphatic rings. The lowest BCUT2D eigenvalue weighted by Crippen LogP contribution is -2.58. The first kappa shape index (κ1) is 20.1. The molecule has 1 saturated heterocycles. The Balaban J connectivity index is 1.51. The fraction of sp³-hybridized carbons (Fsp3) is 0.591. The Morgan fingerprint density at radius 1 is 1.35 bits per heavy atom. The van der Waals surface area contributed by atoms with Gasteiger partial charge in [-0.05, 0) is 38.8 Å². The van der Waals surface area contributed by atoms with E-state index in [1.165, 1.54) is 13.2 Å². The van der Waals surface area contributed by atoms with Gasteiger partial charge in [0.15, 0.2) is 11.6 Å². The molecular weight excluding hydrogens is 401 g/mol. The topological polar surface area (TPSA) is 94.4 Å². The molecule has 1 aromatic carbocycles. The van der Waals surface area contributed by atoms with Gasteiger partial charge in [0.1, 0.15) is 11.2 Å². The summed E-state index contributed by atoms with van der Waals surface area (Å²) in [6, 6.07) is 3.43. The molecule has 1 aliphatic heterocycles. The SMILES string of the molecule is COc1c(N2CC(C3(N(C)CCC#N)CC3)C2)c(F)cc2c(=O)[nH]c(=O)n(C3CC3)c12. The van der Waals surface area contributed by atoms with Crippen LogP contribution in [0.15, 0.2) is 15.7 Å². The number of rotatable bonds is 7. The summed E-state index contributed by atoms with van der Waals surface area (Å²) in [6.45, 7) is 2.08. The van der Waals surface area contributed by atoms with E-state index < -0.39 is 17.1 Å². The van der Waals surface area contributed by atoms with Gasteiger partial charge in [-0.1, -0.05) is 0 Å². The molecular formula is C22H26FN5O3. The Bertz CT molecular complexity index is 1200. The maximum Gasteiger partial charge on any atom is 0.329 e. The Morgan fingerprint density at radius 3 is 2.65 bits per heavy atom. The highest BCUT2D eigenvalue weighted by atomic mass is 19.1. The van der Waals surface area contributed by atoms with Crippen molar-refractivity contribution in [1.29, 1.82) is 5.26 Å². The molecule has 9 heteroatoms. The Morgan fingerprint density at radius 2 is 2.06 bits per heavy atom. The van der Waals surface area contributed by atoms with Crippen LogP contribution in [0.4, 0.5) is 10.1 Å². The highest BCUT2D eigenvalue weighted by Crippen LogP contribution is 2.52. The van der Waals surface area contributed by atoms with Crippen LogP contribution in [0, 0.1) is 23.1 Å². The summed E-state index contributed by atoms with van der Waals surface area (Å²) < 4.78 is 22.4. The van der Waals surface area contributed by atoms with E-state index in [0.29, 0.717) is 36.6 Å². The first-order valence-corrected chi connectivity index (χ1v) is 10.8. The van der Waals surface area contributed by atoms with Gasteiger partial charge in [0, 0.05) is 43.6 Å². The molecule has 2 aromatic rings. The van der Waals surface area contributed by atoms with Gasteiger partial charge in [0.2, 0.25) is 0 Å². The van der Waals surface area contributed by atoms with E-state index in [2.05, 4.69) is 23.0 Å². The van der Waals surface area contributed by atoms with E-state index in [-0.39, 0.29) is 22.7 Å². The van der Waals surface area contributed by atoms with Gasteiger partial charge >= 0.3 is 5.69 Å². The number of aromatic amines is 1. The second-order valence-electron chi connectivity index (χ2n) is 9.03. The molecule has 1 N–H and O–H groups in total. The van der Waals surface area contributed by atoms with Crippen LogP contribution in [-0.2, 0) is 0 Å². The molecule has 3 fully saturated rings. The van der Waals surface area contributed by atoms with Crippen LogP contribution in [0.2, 0.25) is 0 Å². The number of aromatic nitrogens is 2. The third kappa shape index (κ3) is 3.04. The monoisotopic (exact) mass is 427 g/mol. The van der Waals surface area contributed by atoms with Crippen LogP contribution < -0.4 is 20.9 Å². The normalized spacial score (nSPS) is 20.0. The molecule has 5 rings (SSSR count). The van der Waals surface area contributed by atoms with Gasteiger partial charge in [-0.15, -0.1) is 0 Å². The second-order valence-corrected chi connectivity index (χ2v) is 9.03. The summed E-state index contributed by atoms with van der Waals surface area (Å²) >= 11 is 0. The number of hydrogen-bond donors (Lipinski definition) is 1. The number of nitrogens with zero attached hydrogens (tertiary/aromatic N) is 4. The molecule has 0 amide bonds. The zero-order valence-corrected chi connectivity index (χ0v) is 17.8. The van der Waals surface area contributed by atoms with Crippen molar-refractivity contribution in [2.45, 2.75) is 43.7 Å². The number of fused-ring (bicyclic) bond motifs is 1. The second kappa shape index (κ2) is 7.09. The minimum absolute atomic E-state index is 0.00622. The van der Waals surface area contributed by atoms with Gasteiger partial charge in [-0.2, -0.15) is 5.26 Å². The molecule has 2 aliphatic carbocycles. The number of anilines is 1. The van der Waals surface area contributed by atoms with Crippen molar-refractivity contribution in [3.8, 4) is 11.8 Å². The lowest BCUT2D eigenvalue weighted by molar-refractivity contribution is 0.131. The minimum atomic E-state index is -0.599. The van der Waals surface area contributed by atoms with Crippen molar-refractivity contribution in [3.63, 3.8) is 0 Å². The maximum atomic E-state index is 15.2. The number of hydrogen-bond acceptors (Lipinski definition) is 6. The number of H-pyrrole nitrogens is 1. The largest absolute Gasteiger partial charge is 0.492 e. The smallest absolute Gasteiger partial charge is 0.329 e. The van der Waals surface area contributed by atoms with Crippen molar-refractivity contribution in [2.24, 2.45) is 5.92 Å². The molecule has 0 bridgehead atoms. The standard InChI is InChI=1S/C22H26FN5O3/c1-26(9-3-8-24)22(6-7-22)13-11-27(12-13)18-16(23)10-15-17(19(18)31-2)28(14-4-5-14)21(30)25-20(15)29/h10,13-14H,3-7,9,11-12H2,1-2H3,(H,25,29,30). The molecule has 0 atom stereocenters. The summed E-state index contributed by atoms with van der Waals surface area (Å²) in [7, 11) is 3.51. The maximum absolute atomic E-state index is 15.2. The summed E-state index contributed by atoms with van der Waals surface area (Å²) in [5.41, 5.74) is -0.292. The zero-order chi connectivity index (χ0) is 21.9. The molecule has 2 heterocycles. The molecule has 1 aromatic heterocycles. The third-order valence-electron chi connectivity index (χ3n) is 7.26.